The lowest BCUT2D eigenvalue weighted by Crippen LogP contribution is -2.14. The molecule has 1 aromatic rings. The van der Waals surface area contributed by atoms with Gasteiger partial charge in [-0.15, -0.1) is 0 Å². The molecular formula is C12H12O4. The van der Waals surface area contributed by atoms with Crippen molar-refractivity contribution in [3.63, 3.8) is 0 Å². The number of fused-ring (bicyclic) bond motifs is 1. The van der Waals surface area contributed by atoms with Crippen LogP contribution in [0.1, 0.15) is 27.9 Å². The summed E-state index contributed by atoms with van der Waals surface area (Å²) >= 11 is 0. The van der Waals surface area contributed by atoms with Gasteiger partial charge in [-0.25, -0.2) is 0 Å². The SMILES string of the molecule is Cc1ccc(O)c2c1C(=O)[C@H](CC(=O)O)C2. The Morgan fingerprint density at radius 2 is 2.19 bits per heavy atom. The molecule has 0 unspecified atom stereocenters. The average Bonchev–Trinajstić information content (AvgIpc) is 2.51. The standard InChI is InChI=1S/C12H12O4/c1-6-2-3-9(13)8-4-7(5-10(14)15)12(16)11(6)8/h2-3,7,13H,4-5H2,1H3,(H,14,15)/t7-/m0/s1. The number of carbonyl (C=O) groups is 2. The highest BCUT2D eigenvalue weighted by molar-refractivity contribution is 6.05. The van der Waals surface area contributed by atoms with E-state index < -0.39 is 11.9 Å². The first-order valence-electron chi connectivity index (χ1n) is 5.08. The van der Waals surface area contributed by atoms with Gasteiger partial charge in [-0.05, 0) is 25.0 Å². The Labute approximate surface area is 92.5 Å². The number of aliphatic carboxylic acids is 1. The second-order valence-corrected chi connectivity index (χ2v) is 4.12. The third kappa shape index (κ3) is 1.56. The van der Waals surface area contributed by atoms with E-state index in [1.54, 1.807) is 19.1 Å². The Balaban J connectivity index is 2.42. The Kier molecular flexibility index (Phi) is 2.42. The van der Waals surface area contributed by atoms with Crippen LogP contribution in [0, 0.1) is 12.8 Å². The van der Waals surface area contributed by atoms with Crippen LogP contribution in [0.2, 0.25) is 0 Å². The summed E-state index contributed by atoms with van der Waals surface area (Å²) in [5.41, 5.74) is 1.90. The molecule has 84 valence electrons. The van der Waals surface area contributed by atoms with Crippen molar-refractivity contribution < 1.29 is 19.8 Å². The van der Waals surface area contributed by atoms with Crippen molar-refractivity contribution in [2.75, 3.05) is 0 Å². The maximum absolute atomic E-state index is 11.9. The minimum absolute atomic E-state index is 0.0850. The van der Waals surface area contributed by atoms with Gasteiger partial charge in [0, 0.05) is 17.0 Å². The molecule has 0 fully saturated rings. The molecule has 4 heteroatoms. The fraction of sp³-hybridized carbons (Fsp3) is 0.333. The lowest BCUT2D eigenvalue weighted by molar-refractivity contribution is -0.137. The second-order valence-electron chi connectivity index (χ2n) is 4.12. The molecule has 1 aromatic carbocycles. The first kappa shape index (κ1) is 10.7. The van der Waals surface area contributed by atoms with Gasteiger partial charge in [-0.3, -0.25) is 9.59 Å². The molecule has 0 aliphatic heterocycles. The summed E-state index contributed by atoms with van der Waals surface area (Å²) in [6.07, 6.45) is 0.153. The second kappa shape index (κ2) is 3.63. The van der Waals surface area contributed by atoms with Gasteiger partial charge in [0.15, 0.2) is 5.78 Å². The van der Waals surface area contributed by atoms with Crippen LogP contribution in [0.3, 0.4) is 0 Å². The van der Waals surface area contributed by atoms with Crippen molar-refractivity contribution in [3.8, 4) is 5.75 Å². The van der Waals surface area contributed by atoms with E-state index in [1.807, 2.05) is 0 Å². The molecule has 1 atom stereocenters. The number of carboxylic acids is 1. The Bertz CT molecular complexity index is 476. The molecule has 0 spiro atoms. The fourth-order valence-electron chi connectivity index (χ4n) is 2.22. The number of carboxylic acid groups (broad SMARTS) is 1. The predicted molar refractivity (Wildman–Crippen MR) is 56.6 cm³/mol. The van der Waals surface area contributed by atoms with Crippen molar-refractivity contribution in [1.29, 1.82) is 0 Å². The molecule has 4 nitrogen and oxygen atoms in total. The minimum Gasteiger partial charge on any atom is -0.508 e. The van der Waals surface area contributed by atoms with Crippen LogP contribution in [0.25, 0.3) is 0 Å². The maximum Gasteiger partial charge on any atom is 0.304 e. The third-order valence-electron chi connectivity index (χ3n) is 2.99. The number of phenols is 1. The van der Waals surface area contributed by atoms with Gasteiger partial charge in [0.25, 0.3) is 0 Å². The van der Waals surface area contributed by atoms with Crippen LogP contribution >= 0.6 is 0 Å². The molecule has 2 N–H and O–H groups in total. The third-order valence-corrected chi connectivity index (χ3v) is 2.99. The van der Waals surface area contributed by atoms with Gasteiger partial charge in [0.1, 0.15) is 5.75 Å². The Hall–Kier alpha value is -1.84. The molecule has 1 aliphatic rings. The van der Waals surface area contributed by atoms with Crippen LogP contribution in [0.15, 0.2) is 12.1 Å². The van der Waals surface area contributed by atoms with Crippen LogP contribution in [0.5, 0.6) is 5.75 Å². The zero-order valence-corrected chi connectivity index (χ0v) is 8.86. The lowest BCUT2D eigenvalue weighted by Gasteiger charge is -2.03. The van der Waals surface area contributed by atoms with Crippen LogP contribution in [-0.2, 0) is 11.2 Å². The molecule has 16 heavy (non-hydrogen) atoms. The first-order chi connectivity index (χ1) is 7.50. The molecule has 1 aliphatic carbocycles. The quantitative estimate of drug-likeness (QED) is 0.792. The van der Waals surface area contributed by atoms with Crippen LogP contribution in [-0.4, -0.2) is 22.0 Å². The molecule has 2 rings (SSSR count). The number of hydrogen-bond donors (Lipinski definition) is 2. The molecule has 0 heterocycles. The molecule has 0 amide bonds. The summed E-state index contributed by atoms with van der Waals surface area (Å²) < 4.78 is 0. The number of carbonyl (C=O) groups excluding carboxylic acids is 1. The van der Waals surface area contributed by atoms with Crippen LogP contribution in [0.4, 0.5) is 0 Å². The van der Waals surface area contributed by atoms with Gasteiger partial charge in [-0.2, -0.15) is 0 Å². The molecule has 0 saturated heterocycles. The Morgan fingerprint density at radius 3 is 2.75 bits per heavy atom. The van der Waals surface area contributed by atoms with E-state index in [2.05, 4.69) is 0 Å². The Morgan fingerprint density at radius 1 is 1.50 bits per heavy atom. The number of ketones is 1. The lowest BCUT2D eigenvalue weighted by atomic mass is 10.00. The van der Waals surface area contributed by atoms with Gasteiger partial charge in [0.2, 0.25) is 0 Å². The fourth-order valence-corrected chi connectivity index (χ4v) is 2.22. The van der Waals surface area contributed by atoms with Crippen molar-refractivity contribution in [2.45, 2.75) is 19.8 Å². The highest BCUT2D eigenvalue weighted by atomic mass is 16.4. The zero-order chi connectivity index (χ0) is 11.9. The number of benzene rings is 1. The summed E-state index contributed by atoms with van der Waals surface area (Å²) in [5.74, 6) is -1.59. The smallest absolute Gasteiger partial charge is 0.304 e. The minimum atomic E-state index is -0.983. The van der Waals surface area contributed by atoms with E-state index in [0.717, 1.165) is 5.56 Å². The van der Waals surface area contributed by atoms with Gasteiger partial charge in [0.05, 0.1) is 6.42 Å². The topological polar surface area (TPSA) is 74.6 Å². The first-order valence-corrected chi connectivity index (χ1v) is 5.08. The summed E-state index contributed by atoms with van der Waals surface area (Å²) in [5, 5.41) is 18.3. The summed E-state index contributed by atoms with van der Waals surface area (Å²) in [7, 11) is 0. The van der Waals surface area contributed by atoms with Crippen molar-refractivity contribution >= 4 is 11.8 Å². The number of Topliss-reactive ketones (excluding diaryl/α,β-unsaturated/α-hetero) is 1. The zero-order valence-electron chi connectivity index (χ0n) is 8.86. The molecule has 0 radical (unpaired) electrons. The van der Waals surface area contributed by atoms with E-state index in [1.165, 1.54) is 0 Å². The van der Waals surface area contributed by atoms with Crippen molar-refractivity contribution in [2.24, 2.45) is 5.92 Å². The predicted octanol–water partition coefficient (Wildman–Crippen LogP) is 1.53. The molecule has 0 aromatic heterocycles. The molecular weight excluding hydrogens is 208 g/mol. The monoisotopic (exact) mass is 220 g/mol. The summed E-state index contributed by atoms with van der Waals surface area (Å²) in [4.78, 5) is 22.5. The highest BCUT2D eigenvalue weighted by Crippen LogP contribution is 2.36. The van der Waals surface area contributed by atoms with Gasteiger partial charge in [-0.1, -0.05) is 6.07 Å². The average molecular weight is 220 g/mol. The molecule has 0 saturated carbocycles. The van der Waals surface area contributed by atoms with E-state index in [-0.39, 0.29) is 18.0 Å². The van der Waals surface area contributed by atoms with E-state index in [4.69, 9.17) is 5.11 Å². The van der Waals surface area contributed by atoms with Gasteiger partial charge < -0.3 is 10.2 Å². The summed E-state index contributed by atoms with van der Waals surface area (Å²) in [6.45, 7) is 1.79. The normalized spacial score (nSPS) is 18.6. The number of hydrogen-bond acceptors (Lipinski definition) is 3. The van der Waals surface area contributed by atoms with E-state index >= 15 is 0 Å². The van der Waals surface area contributed by atoms with Gasteiger partial charge >= 0.3 is 5.97 Å². The number of phenolic OH excluding ortho intramolecular Hbond substituents is 1. The van der Waals surface area contributed by atoms with E-state index in [9.17, 15) is 14.7 Å². The number of aromatic hydroxyl groups is 1. The number of rotatable bonds is 2. The van der Waals surface area contributed by atoms with Crippen molar-refractivity contribution in [3.05, 3.63) is 28.8 Å². The maximum atomic E-state index is 11.9. The highest BCUT2D eigenvalue weighted by Gasteiger charge is 2.34. The summed E-state index contributed by atoms with van der Waals surface area (Å²) in [6, 6.07) is 3.22. The van der Waals surface area contributed by atoms with E-state index in [0.29, 0.717) is 17.5 Å². The largest absolute Gasteiger partial charge is 0.508 e. The molecule has 0 bridgehead atoms. The number of aryl methyl sites for hydroxylation is 1. The van der Waals surface area contributed by atoms with Crippen molar-refractivity contribution in [1.82, 2.24) is 0 Å². The van der Waals surface area contributed by atoms with Crippen LogP contribution < -0.4 is 0 Å².